The predicted molar refractivity (Wildman–Crippen MR) is 88.0 cm³/mol. The Morgan fingerprint density at radius 2 is 1.73 bits per heavy atom. The second kappa shape index (κ2) is 11.2. The van der Waals surface area contributed by atoms with E-state index in [-0.39, 0.29) is 0 Å². The van der Waals surface area contributed by atoms with Gasteiger partial charge in [-0.25, -0.2) is 0 Å². The van der Waals surface area contributed by atoms with Gasteiger partial charge in [-0.2, -0.15) is 15.4 Å². The summed E-state index contributed by atoms with van der Waals surface area (Å²) in [6, 6.07) is 5.93. The molecule has 0 aliphatic heterocycles. The number of rotatable bonds is 8. The molecular weight excluding hydrogens is 301 g/mol. The van der Waals surface area contributed by atoms with E-state index >= 15 is 0 Å². The van der Waals surface area contributed by atoms with Gasteiger partial charge in [-0.15, -0.1) is 9.05 Å². The Morgan fingerprint density at radius 1 is 1.09 bits per heavy atom. The van der Waals surface area contributed by atoms with Crippen LogP contribution in [-0.2, 0) is 13.6 Å². The van der Waals surface area contributed by atoms with E-state index in [1.54, 1.807) is 0 Å². The lowest BCUT2D eigenvalue weighted by atomic mass is 10.2. The van der Waals surface area contributed by atoms with E-state index in [2.05, 4.69) is 29.3 Å². The van der Waals surface area contributed by atoms with Crippen LogP contribution in [0.3, 0.4) is 0 Å². The number of benzene rings is 1. The van der Waals surface area contributed by atoms with Gasteiger partial charge in [-0.3, -0.25) is 0 Å². The third-order valence-electron chi connectivity index (χ3n) is 2.94. The van der Waals surface area contributed by atoms with Crippen molar-refractivity contribution in [2.45, 2.75) is 46.5 Å². The van der Waals surface area contributed by atoms with Crippen LogP contribution < -0.4 is 0 Å². The summed E-state index contributed by atoms with van der Waals surface area (Å²) in [7, 11) is -1.85. The second-order valence-electron chi connectivity index (χ2n) is 4.86. The molecule has 6 nitrogen and oxygen atoms in total. The molecule has 0 spiro atoms. The Labute approximate surface area is 132 Å². The third-order valence-corrected chi connectivity index (χ3v) is 3.72. The molecule has 2 aromatic rings. The zero-order chi connectivity index (χ0) is 16.2. The number of nitrogens with zero attached hydrogens (tertiary/aromatic N) is 2. The second-order valence-corrected chi connectivity index (χ2v) is 5.83. The molecule has 1 aromatic carbocycles. The van der Waals surface area contributed by atoms with Crippen LogP contribution in [0.2, 0.25) is 0 Å². The lowest BCUT2D eigenvalue weighted by Crippen LogP contribution is -1.90. The van der Waals surface area contributed by atoms with Crippen LogP contribution in [0, 0.1) is 6.92 Å². The van der Waals surface area contributed by atoms with Gasteiger partial charge in [0.25, 0.3) is 0 Å². The van der Waals surface area contributed by atoms with Crippen LogP contribution in [0.4, 0.5) is 0 Å². The number of unbranched alkanes of at least 4 members (excludes halogenated alkanes) is 2. The van der Waals surface area contributed by atoms with Crippen molar-refractivity contribution in [3.05, 3.63) is 23.8 Å². The molecule has 0 amide bonds. The van der Waals surface area contributed by atoms with Crippen molar-refractivity contribution in [2.24, 2.45) is 0 Å². The molecule has 1 aromatic heterocycles. The minimum atomic E-state index is -1.85. The monoisotopic (exact) mass is 326 g/mol. The van der Waals surface area contributed by atoms with Crippen molar-refractivity contribution in [1.29, 1.82) is 0 Å². The number of para-hydroxylation sites is 1. The molecule has 1 heterocycles. The largest absolute Gasteiger partial charge is 0.697 e. The quantitative estimate of drug-likeness (QED) is 0.569. The van der Waals surface area contributed by atoms with Crippen LogP contribution in [-0.4, -0.2) is 28.6 Å². The first-order valence-corrected chi connectivity index (χ1v) is 8.77. The Balaban J connectivity index is 0.000000222. The summed E-state index contributed by atoms with van der Waals surface area (Å²) in [6.45, 7) is 7.23. The summed E-state index contributed by atoms with van der Waals surface area (Å²) in [5.74, 6) is 0. The number of hydrogen-bond donors (Lipinski definition) is 1. The van der Waals surface area contributed by atoms with Gasteiger partial charge in [0, 0.05) is 4.57 Å². The van der Waals surface area contributed by atoms with Crippen molar-refractivity contribution in [3.8, 4) is 0 Å². The van der Waals surface area contributed by atoms with E-state index in [9.17, 15) is 4.57 Å². The lowest BCUT2D eigenvalue weighted by Gasteiger charge is -1.89. The molecule has 1 N–H and O–H groups in total. The number of aromatic amines is 1. The normalized spacial score (nSPS) is 10.3. The SMILES string of the molecule is CCCCO[P+](=O)OCCCC.Cc1cccc2n[nH]nc12. The van der Waals surface area contributed by atoms with E-state index in [4.69, 9.17) is 9.05 Å². The highest BCUT2D eigenvalue weighted by atomic mass is 31.1. The number of H-pyrrole nitrogens is 1. The lowest BCUT2D eigenvalue weighted by molar-refractivity contribution is 0.221. The van der Waals surface area contributed by atoms with E-state index < -0.39 is 8.25 Å². The smallest absolute Gasteiger partial charge is 0.197 e. The fraction of sp³-hybridized carbons (Fsp3) is 0.600. The highest BCUT2D eigenvalue weighted by Crippen LogP contribution is 2.24. The number of fused-ring (bicyclic) bond motifs is 1. The summed E-state index contributed by atoms with van der Waals surface area (Å²) in [5.41, 5.74) is 3.05. The molecule has 0 saturated carbocycles. The third kappa shape index (κ3) is 7.07. The average Bonchev–Trinajstić information content (AvgIpc) is 2.99. The van der Waals surface area contributed by atoms with Crippen molar-refractivity contribution in [2.75, 3.05) is 13.2 Å². The van der Waals surface area contributed by atoms with Crippen LogP contribution >= 0.6 is 8.25 Å². The number of aromatic nitrogens is 3. The Bertz CT molecular complexity index is 548. The fourth-order valence-corrected chi connectivity index (χ4v) is 2.24. The van der Waals surface area contributed by atoms with E-state index in [0.717, 1.165) is 42.3 Å². The van der Waals surface area contributed by atoms with E-state index in [1.807, 2.05) is 25.1 Å². The van der Waals surface area contributed by atoms with E-state index in [0.29, 0.717) is 13.2 Å². The number of hydrogen-bond acceptors (Lipinski definition) is 5. The average molecular weight is 326 g/mol. The zero-order valence-electron chi connectivity index (χ0n) is 13.5. The number of nitrogens with one attached hydrogen (secondary N) is 1. The molecule has 122 valence electrons. The van der Waals surface area contributed by atoms with Gasteiger partial charge in [0.1, 0.15) is 24.2 Å². The van der Waals surface area contributed by atoms with Gasteiger partial charge in [0.2, 0.25) is 0 Å². The molecule has 0 saturated heterocycles. The maximum absolute atomic E-state index is 10.9. The standard InChI is InChI=1S/C8H18O3P.C7H7N3/c1-3-5-7-10-12(9)11-8-6-4-2;1-5-3-2-4-6-7(5)9-10-8-6/h3-8H2,1-2H3;2-4H,1H3,(H,8,9,10)/q+1;. The summed E-state index contributed by atoms with van der Waals surface area (Å²) in [5, 5.41) is 10.5. The van der Waals surface area contributed by atoms with Crippen LogP contribution in [0.25, 0.3) is 11.0 Å². The molecule has 7 heteroatoms. The first kappa shape index (κ1) is 18.7. The number of aryl methyl sites for hydroxylation is 1. The molecule has 0 fully saturated rings. The minimum absolute atomic E-state index is 0.540. The van der Waals surface area contributed by atoms with Crippen LogP contribution in [0.5, 0.6) is 0 Å². The topological polar surface area (TPSA) is 77.1 Å². The Kier molecular flexibility index (Phi) is 9.55. The van der Waals surface area contributed by atoms with Gasteiger partial charge < -0.3 is 0 Å². The molecule has 0 atom stereocenters. The molecule has 2 rings (SSSR count). The maximum atomic E-state index is 10.9. The fourth-order valence-electron chi connectivity index (χ4n) is 1.61. The van der Waals surface area contributed by atoms with Crippen LogP contribution in [0.1, 0.15) is 45.1 Å². The van der Waals surface area contributed by atoms with Crippen molar-refractivity contribution in [1.82, 2.24) is 15.4 Å². The molecule has 0 unspecified atom stereocenters. The minimum Gasteiger partial charge on any atom is -0.197 e. The first-order chi connectivity index (χ1) is 10.7. The van der Waals surface area contributed by atoms with Crippen molar-refractivity contribution >= 4 is 19.3 Å². The molecule has 0 aliphatic carbocycles. The molecule has 0 bridgehead atoms. The summed E-state index contributed by atoms with van der Waals surface area (Å²) in [6.07, 6.45) is 3.99. The molecule has 0 aliphatic rings. The summed E-state index contributed by atoms with van der Waals surface area (Å²) < 4.78 is 20.7. The Morgan fingerprint density at radius 3 is 2.27 bits per heavy atom. The highest BCUT2D eigenvalue weighted by Gasteiger charge is 2.18. The highest BCUT2D eigenvalue weighted by molar-refractivity contribution is 7.33. The van der Waals surface area contributed by atoms with Gasteiger partial charge in [-0.1, -0.05) is 38.8 Å². The van der Waals surface area contributed by atoms with Gasteiger partial charge in [-0.05, 0) is 31.4 Å². The van der Waals surface area contributed by atoms with E-state index in [1.165, 1.54) is 0 Å². The Hall–Kier alpha value is -1.36. The molecular formula is C15H25N3O3P+. The molecule has 22 heavy (non-hydrogen) atoms. The predicted octanol–water partition coefficient (Wildman–Crippen LogP) is 4.54. The zero-order valence-corrected chi connectivity index (χ0v) is 14.4. The molecule has 0 radical (unpaired) electrons. The van der Waals surface area contributed by atoms with Crippen molar-refractivity contribution in [3.63, 3.8) is 0 Å². The van der Waals surface area contributed by atoms with Crippen molar-refractivity contribution < 1.29 is 13.6 Å². The summed E-state index contributed by atoms with van der Waals surface area (Å²) in [4.78, 5) is 0. The first-order valence-electron chi connectivity index (χ1n) is 7.68. The van der Waals surface area contributed by atoms with Gasteiger partial charge in [0.15, 0.2) is 0 Å². The van der Waals surface area contributed by atoms with Crippen LogP contribution in [0.15, 0.2) is 18.2 Å². The maximum Gasteiger partial charge on any atom is 0.697 e. The summed E-state index contributed by atoms with van der Waals surface area (Å²) >= 11 is 0. The van der Waals surface area contributed by atoms with Gasteiger partial charge in [0.05, 0.1) is 0 Å². The van der Waals surface area contributed by atoms with Gasteiger partial charge >= 0.3 is 8.25 Å².